The number of Topliss-reactive ketones (excluding diaryl/α,β-unsaturated/α-hetero) is 1. The molecule has 0 amide bonds. The van der Waals surface area contributed by atoms with Gasteiger partial charge in [-0.25, -0.2) is 0 Å². The second-order valence-corrected chi connectivity index (χ2v) is 4.71. The van der Waals surface area contributed by atoms with Crippen LogP contribution in [0.25, 0.3) is 0 Å². The van der Waals surface area contributed by atoms with E-state index in [0.29, 0.717) is 17.1 Å². The van der Waals surface area contributed by atoms with Gasteiger partial charge < -0.3 is 9.47 Å². The Hall–Kier alpha value is -2.29. The molecule has 0 saturated heterocycles. The number of hydrogen-bond donors (Lipinski definition) is 0. The number of carbonyl (C=O) groups is 1. The van der Waals surface area contributed by atoms with E-state index in [4.69, 9.17) is 9.47 Å². The minimum atomic E-state index is -0.0194. The molecule has 20 heavy (non-hydrogen) atoms. The summed E-state index contributed by atoms with van der Waals surface area (Å²) in [6.07, 6.45) is 0. The molecule has 2 aromatic carbocycles. The van der Waals surface area contributed by atoms with Crippen molar-refractivity contribution in [2.24, 2.45) is 0 Å². The van der Waals surface area contributed by atoms with E-state index in [-0.39, 0.29) is 12.4 Å². The maximum Gasteiger partial charge on any atom is 0.200 e. The zero-order valence-electron chi connectivity index (χ0n) is 12.0. The third-order valence-electron chi connectivity index (χ3n) is 3.10. The summed E-state index contributed by atoms with van der Waals surface area (Å²) in [7, 11) is 1.60. The first-order valence-corrected chi connectivity index (χ1v) is 6.47. The normalized spacial score (nSPS) is 10.2. The maximum atomic E-state index is 12.2. The quantitative estimate of drug-likeness (QED) is 0.779. The molecular formula is C17H18O3. The van der Waals surface area contributed by atoms with Gasteiger partial charge in [0.25, 0.3) is 0 Å². The van der Waals surface area contributed by atoms with E-state index in [0.717, 1.165) is 11.1 Å². The molecule has 0 aliphatic heterocycles. The van der Waals surface area contributed by atoms with Crippen molar-refractivity contribution < 1.29 is 14.3 Å². The average molecular weight is 270 g/mol. The second-order valence-electron chi connectivity index (χ2n) is 4.71. The van der Waals surface area contributed by atoms with Crippen LogP contribution >= 0.6 is 0 Å². The molecule has 2 aromatic rings. The molecule has 0 fully saturated rings. The fraction of sp³-hybridized carbons (Fsp3) is 0.235. The molecule has 104 valence electrons. The Morgan fingerprint density at radius 3 is 2.55 bits per heavy atom. The smallest absolute Gasteiger partial charge is 0.200 e. The molecular weight excluding hydrogens is 252 g/mol. The van der Waals surface area contributed by atoms with E-state index in [1.807, 2.05) is 44.2 Å². The zero-order valence-corrected chi connectivity index (χ0v) is 12.0. The van der Waals surface area contributed by atoms with Crippen molar-refractivity contribution in [3.05, 3.63) is 59.2 Å². The Kier molecular flexibility index (Phi) is 4.41. The lowest BCUT2D eigenvalue weighted by molar-refractivity contribution is 0.0920. The predicted molar refractivity (Wildman–Crippen MR) is 78.7 cm³/mol. The van der Waals surface area contributed by atoms with Gasteiger partial charge in [-0.05, 0) is 37.6 Å². The summed E-state index contributed by atoms with van der Waals surface area (Å²) in [5.74, 6) is 1.32. The first kappa shape index (κ1) is 14.1. The van der Waals surface area contributed by atoms with Crippen molar-refractivity contribution in [2.45, 2.75) is 13.8 Å². The predicted octanol–water partition coefficient (Wildman–Crippen LogP) is 3.57. The largest absolute Gasteiger partial charge is 0.497 e. The number of ketones is 1. The summed E-state index contributed by atoms with van der Waals surface area (Å²) in [4.78, 5) is 12.2. The highest BCUT2D eigenvalue weighted by Crippen LogP contribution is 2.19. The van der Waals surface area contributed by atoms with Crippen molar-refractivity contribution in [3.8, 4) is 11.5 Å². The van der Waals surface area contributed by atoms with Crippen LogP contribution in [0.15, 0.2) is 42.5 Å². The van der Waals surface area contributed by atoms with Crippen LogP contribution in [-0.2, 0) is 0 Å². The van der Waals surface area contributed by atoms with E-state index in [1.54, 1.807) is 19.2 Å². The van der Waals surface area contributed by atoms with Gasteiger partial charge >= 0.3 is 0 Å². The average Bonchev–Trinajstić information content (AvgIpc) is 2.47. The van der Waals surface area contributed by atoms with Gasteiger partial charge in [-0.3, -0.25) is 4.79 Å². The van der Waals surface area contributed by atoms with E-state index in [9.17, 15) is 4.79 Å². The van der Waals surface area contributed by atoms with Crippen molar-refractivity contribution in [2.75, 3.05) is 13.7 Å². The van der Waals surface area contributed by atoms with E-state index < -0.39 is 0 Å². The second kappa shape index (κ2) is 6.24. The lowest BCUT2D eigenvalue weighted by atomic mass is 10.0. The van der Waals surface area contributed by atoms with Crippen LogP contribution in [0.2, 0.25) is 0 Å². The maximum absolute atomic E-state index is 12.2. The molecule has 0 aliphatic rings. The number of ether oxygens (including phenoxy) is 2. The molecule has 0 aromatic heterocycles. The lowest BCUT2D eigenvalue weighted by Crippen LogP contribution is -2.13. The number of methoxy groups -OCH3 is 1. The van der Waals surface area contributed by atoms with Gasteiger partial charge in [0.2, 0.25) is 0 Å². The van der Waals surface area contributed by atoms with Crippen LogP contribution in [0.1, 0.15) is 21.5 Å². The van der Waals surface area contributed by atoms with Crippen molar-refractivity contribution in [3.63, 3.8) is 0 Å². The standard InChI is InChI=1S/C17H18O3/c1-12-7-8-13(2)16(9-12)17(18)11-20-15-6-4-5-14(10-15)19-3/h4-10H,11H2,1-3H3. The number of rotatable bonds is 5. The molecule has 0 atom stereocenters. The van der Waals surface area contributed by atoms with E-state index in [2.05, 4.69) is 0 Å². The summed E-state index contributed by atoms with van der Waals surface area (Å²) in [6.45, 7) is 3.93. The Morgan fingerprint density at radius 1 is 1.05 bits per heavy atom. The van der Waals surface area contributed by atoms with Crippen LogP contribution in [-0.4, -0.2) is 19.5 Å². The van der Waals surface area contributed by atoms with Crippen LogP contribution in [0.3, 0.4) is 0 Å². The highest BCUT2D eigenvalue weighted by atomic mass is 16.5. The lowest BCUT2D eigenvalue weighted by Gasteiger charge is -2.09. The molecule has 0 radical (unpaired) electrons. The van der Waals surface area contributed by atoms with Gasteiger partial charge in [-0.15, -0.1) is 0 Å². The molecule has 0 N–H and O–H groups in total. The van der Waals surface area contributed by atoms with Gasteiger partial charge in [-0.1, -0.05) is 23.8 Å². The number of hydrogen-bond acceptors (Lipinski definition) is 3. The molecule has 3 heteroatoms. The Morgan fingerprint density at radius 2 is 1.80 bits per heavy atom. The molecule has 0 unspecified atom stereocenters. The summed E-state index contributed by atoms with van der Waals surface area (Å²) in [5.41, 5.74) is 2.75. The van der Waals surface area contributed by atoms with Gasteiger partial charge in [0.1, 0.15) is 11.5 Å². The van der Waals surface area contributed by atoms with E-state index in [1.165, 1.54) is 0 Å². The minimum absolute atomic E-state index is 0.0194. The van der Waals surface area contributed by atoms with Crippen LogP contribution in [0.4, 0.5) is 0 Å². The first-order valence-electron chi connectivity index (χ1n) is 6.47. The number of carbonyl (C=O) groups excluding carboxylic acids is 1. The minimum Gasteiger partial charge on any atom is -0.497 e. The third kappa shape index (κ3) is 3.38. The van der Waals surface area contributed by atoms with Gasteiger partial charge in [-0.2, -0.15) is 0 Å². The van der Waals surface area contributed by atoms with E-state index >= 15 is 0 Å². The van der Waals surface area contributed by atoms with Crippen molar-refractivity contribution >= 4 is 5.78 Å². The summed E-state index contributed by atoms with van der Waals surface area (Å²) in [5, 5.41) is 0. The van der Waals surface area contributed by atoms with Crippen molar-refractivity contribution in [1.82, 2.24) is 0 Å². The molecule has 0 aliphatic carbocycles. The molecule has 0 heterocycles. The fourth-order valence-electron chi connectivity index (χ4n) is 1.95. The fourth-order valence-corrected chi connectivity index (χ4v) is 1.95. The highest BCUT2D eigenvalue weighted by Gasteiger charge is 2.10. The Balaban J connectivity index is 2.06. The van der Waals surface area contributed by atoms with Crippen molar-refractivity contribution in [1.29, 1.82) is 0 Å². The zero-order chi connectivity index (χ0) is 14.5. The van der Waals surface area contributed by atoms with Crippen LogP contribution in [0, 0.1) is 13.8 Å². The molecule has 0 bridgehead atoms. The monoisotopic (exact) mass is 270 g/mol. The Bertz CT molecular complexity index is 617. The van der Waals surface area contributed by atoms with Gasteiger partial charge in [0, 0.05) is 11.6 Å². The van der Waals surface area contributed by atoms with Crippen LogP contribution in [0.5, 0.6) is 11.5 Å². The summed E-state index contributed by atoms with van der Waals surface area (Å²) in [6, 6.07) is 13.1. The highest BCUT2D eigenvalue weighted by molar-refractivity contribution is 5.98. The van der Waals surface area contributed by atoms with Gasteiger partial charge in [0.05, 0.1) is 7.11 Å². The van der Waals surface area contributed by atoms with Crippen LogP contribution < -0.4 is 9.47 Å². The molecule has 0 spiro atoms. The number of benzene rings is 2. The third-order valence-corrected chi connectivity index (χ3v) is 3.10. The van der Waals surface area contributed by atoms with Gasteiger partial charge in [0.15, 0.2) is 12.4 Å². The summed E-state index contributed by atoms with van der Waals surface area (Å²) < 4.78 is 10.6. The molecule has 3 nitrogen and oxygen atoms in total. The topological polar surface area (TPSA) is 35.5 Å². The first-order chi connectivity index (χ1) is 9.60. The molecule has 2 rings (SSSR count). The summed E-state index contributed by atoms with van der Waals surface area (Å²) >= 11 is 0. The SMILES string of the molecule is COc1cccc(OCC(=O)c2cc(C)ccc2C)c1. The number of aryl methyl sites for hydroxylation is 2. The molecule has 0 saturated carbocycles. The Labute approximate surface area is 119 Å².